The van der Waals surface area contributed by atoms with Crippen molar-refractivity contribution in [3.8, 4) is 5.75 Å². The lowest BCUT2D eigenvalue weighted by molar-refractivity contribution is -0.144. The first-order chi connectivity index (χ1) is 7.41. The molecule has 0 aliphatic carbocycles. The zero-order chi connectivity index (χ0) is 12.3. The van der Waals surface area contributed by atoms with E-state index in [1.807, 2.05) is 0 Å². The molecule has 2 atom stereocenters. The number of nitrogens with two attached hydrogens (primary N) is 1. The largest absolute Gasteiger partial charge is 0.479 e. The summed E-state index contributed by atoms with van der Waals surface area (Å²) in [6.45, 7) is 3.07. The molecule has 0 aromatic heterocycles. The molecule has 1 aromatic rings. The highest BCUT2D eigenvalue weighted by molar-refractivity contribution is 5.72. The molecule has 0 saturated heterocycles. The standard InChI is InChI=1S/C11H14FNO3/c1-6(13)9-5-8(12)3-4-10(9)16-7(2)11(14)15/h3-7H,13H2,1-2H3,(H,14,15)/t6-,7?/m0/s1. The first-order valence-corrected chi connectivity index (χ1v) is 4.86. The van der Waals surface area contributed by atoms with Crippen LogP contribution in [-0.4, -0.2) is 17.2 Å². The normalized spacial score (nSPS) is 14.2. The van der Waals surface area contributed by atoms with Gasteiger partial charge in [-0.05, 0) is 32.0 Å². The Morgan fingerprint density at radius 2 is 2.12 bits per heavy atom. The molecule has 3 N–H and O–H groups in total. The summed E-state index contributed by atoms with van der Waals surface area (Å²) in [7, 11) is 0. The van der Waals surface area contributed by atoms with Crippen LogP contribution in [0.15, 0.2) is 18.2 Å². The van der Waals surface area contributed by atoms with Crippen LogP contribution in [0.3, 0.4) is 0 Å². The highest BCUT2D eigenvalue weighted by atomic mass is 19.1. The highest BCUT2D eigenvalue weighted by Gasteiger charge is 2.16. The minimum atomic E-state index is -1.08. The first kappa shape index (κ1) is 12.4. The average Bonchev–Trinajstić information content (AvgIpc) is 2.20. The summed E-state index contributed by atoms with van der Waals surface area (Å²) < 4.78 is 18.2. The van der Waals surface area contributed by atoms with Crippen LogP contribution in [0.5, 0.6) is 5.75 Å². The number of benzene rings is 1. The van der Waals surface area contributed by atoms with Crippen molar-refractivity contribution >= 4 is 5.97 Å². The Balaban J connectivity index is 2.99. The Morgan fingerprint density at radius 1 is 1.50 bits per heavy atom. The van der Waals surface area contributed by atoms with E-state index in [0.717, 1.165) is 0 Å². The van der Waals surface area contributed by atoms with Gasteiger partial charge in [0.25, 0.3) is 0 Å². The van der Waals surface area contributed by atoms with E-state index in [0.29, 0.717) is 11.3 Å². The second-order valence-electron chi connectivity index (χ2n) is 3.57. The van der Waals surface area contributed by atoms with Crippen molar-refractivity contribution in [2.45, 2.75) is 26.0 Å². The predicted octanol–water partition coefficient (Wildman–Crippen LogP) is 1.70. The van der Waals surface area contributed by atoms with E-state index in [1.54, 1.807) is 6.92 Å². The number of halogens is 1. The Kier molecular flexibility index (Phi) is 3.84. The SMILES string of the molecule is CC(Oc1ccc(F)cc1[C@H](C)N)C(=O)O. The van der Waals surface area contributed by atoms with Gasteiger partial charge in [-0.25, -0.2) is 9.18 Å². The Bertz CT molecular complexity index is 393. The molecule has 1 aromatic carbocycles. The molecule has 0 bridgehead atoms. The highest BCUT2D eigenvalue weighted by Crippen LogP contribution is 2.25. The molecular weight excluding hydrogens is 213 g/mol. The first-order valence-electron chi connectivity index (χ1n) is 4.86. The van der Waals surface area contributed by atoms with Gasteiger partial charge in [-0.2, -0.15) is 0 Å². The lowest BCUT2D eigenvalue weighted by Gasteiger charge is -2.16. The summed E-state index contributed by atoms with van der Waals surface area (Å²) in [5.41, 5.74) is 6.09. The van der Waals surface area contributed by atoms with E-state index in [4.69, 9.17) is 15.6 Å². The van der Waals surface area contributed by atoms with Crippen molar-refractivity contribution in [1.82, 2.24) is 0 Å². The third kappa shape index (κ3) is 2.93. The maximum Gasteiger partial charge on any atom is 0.344 e. The third-order valence-corrected chi connectivity index (χ3v) is 2.11. The third-order valence-electron chi connectivity index (χ3n) is 2.11. The maximum atomic E-state index is 13.0. The molecule has 0 radical (unpaired) electrons. The van der Waals surface area contributed by atoms with Crippen molar-refractivity contribution in [3.63, 3.8) is 0 Å². The summed E-state index contributed by atoms with van der Waals surface area (Å²) in [4.78, 5) is 10.6. The fraction of sp³-hybridized carbons (Fsp3) is 0.364. The van der Waals surface area contributed by atoms with Gasteiger partial charge in [0.15, 0.2) is 6.10 Å². The molecule has 1 rings (SSSR count). The molecule has 0 heterocycles. The summed E-state index contributed by atoms with van der Waals surface area (Å²) in [5, 5.41) is 8.70. The van der Waals surface area contributed by atoms with Crippen molar-refractivity contribution in [2.24, 2.45) is 5.73 Å². The van der Waals surface area contributed by atoms with Gasteiger partial charge >= 0.3 is 5.97 Å². The van der Waals surface area contributed by atoms with Gasteiger partial charge in [0.2, 0.25) is 0 Å². The molecule has 0 saturated carbocycles. The number of hydrogen-bond donors (Lipinski definition) is 2. The van der Waals surface area contributed by atoms with E-state index in [1.165, 1.54) is 25.1 Å². The fourth-order valence-electron chi connectivity index (χ4n) is 1.22. The van der Waals surface area contributed by atoms with Crippen molar-refractivity contribution in [3.05, 3.63) is 29.6 Å². The minimum Gasteiger partial charge on any atom is -0.479 e. The van der Waals surface area contributed by atoms with Crippen molar-refractivity contribution < 1.29 is 19.0 Å². The van der Waals surface area contributed by atoms with Crippen LogP contribution in [0, 0.1) is 5.82 Å². The molecule has 0 aliphatic rings. The van der Waals surface area contributed by atoms with Gasteiger partial charge in [0.05, 0.1) is 0 Å². The van der Waals surface area contributed by atoms with Crippen LogP contribution < -0.4 is 10.5 Å². The van der Waals surface area contributed by atoms with E-state index in [2.05, 4.69) is 0 Å². The summed E-state index contributed by atoms with van der Waals surface area (Å²) in [6.07, 6.45) is -0.997. The fourth-order valence-corrected chi connectivity index (χ4v) is 1.22. The van der Waals surface area contributed by atoms with Crippen LogP contribution in [0.25, 0.3) is 0 Å². The topological polar surface area (TPSA) is 72.5 Å². The Labute approximate surface area is 92.8 Å². The number of aliphatic carboxylic acids is 1. The number of carboxylic acid groups (broad SMARTS) is 1. The second kappa shape index (κ2) is 4.94. The molecule has 4 nitrogen and oxygen atoms in total. The van der Waals surface area contributed by atoms with E-state index >= 15 is 0 Å². The van der Waals surface area contributed by atoms with Crippen molar-refractivity contribution in [1.29, 1.82) is 0 Å². The molecule has 0 spiro atoms. The smallest absolute Gasteiger partial charge is 0.344 e. The maximum absolute atomic E-state index is 13.0. The second-order valence-corrected chi connectivity index (χ2v) is 3.57. The van der Waals surface area contributed by atoms with Crippen LogP contribution in [0.2, 0.25) is 0 Å². The minimum absolute atomic E-state index is 0.298. The molecule has 0 aliphatic heterocycles. The van der Waals surface area contributed by atoms with Gasteiger partial charge in [0, 0.05) is 11.6 Å². The van der Waals surface area contributed by atoms with E-state index in [-0.39, 0.29) is 0 Å². The molecule has 0 fully saturated rings. The molecule has 0 amide bonds. The molecular formula is C11H14FNO3. The number of carbonyl (C=O) groups is 1. The zero-order valence-electron chi connectivity index (χ0n) is 9.11. The summed E-state index contributed by atoms with van der Waals surface area (Å²) in [6, 6.07) is 3.41. The van der Waals surface area contributed by atoms with E-state index < -0.39 is 23.9 Å². The number of hydrogen-bond acceptors (Lipinski definition) is 3. The monoisotopic (exact) mass is 227 g/mol. The number of ether oxygens (including phenoxy) is 1. The van der Waals surface area contributed by atoms with Crippen LogP contribution in [0.4, 0.5) is 4.39 Å². The van der Waals surface area contributed by atoms with Gasteiger partial charge in [0.1, 0.15) is 11.6 Å². The quantitative estimate of drug-likeness (QED) is 0.821. The van der Waals surface area contributed by atoms with Gasteiger partial charge in [-0.3, -0.25) is 0 Å². The molecule has 16 heavy (non-hydrogen) atoms. The lowest BCUT2D eigenvalue weighted by atomic mass is 10.1. The molecule has 1 unspecified atom stereocenters. The molecule has 88 valence electrons. The van der Waals surface area contributed by atoms with Gasteiger partial charge < -0.3 is 15.6 Å². The predicted molar refractivity (Wildman–Crippen MR) is 56.7 cm³/mol. The van der Waals surface area contributed by atoms with E-state index in [9.17, 15) is 9.18 Å². The zero-order valence-corrected chi connectivity index (χ0v) is 9.11. The summed E-state index contributed by atoms with van der Waals surface area (Å²) in [5.74, 6) is -1.21. The number of carboxylic acids is 1. The van der Waals surface area contributed by atoms with Gasteiger partial charge in [-0.1, -0.05) is 0 Å². The Morgan fingerprint density at radius 3 is 2.62 bits per heavy atom. The lowest BCUT2D eigenvalue weighted by Crippen LogP contribution is -2.24. The van der Waals surface area contributed by atoms with Crippen LogP contribution >= 0.6 is 0 Å². The number of rotatable bonds is 4. The molecule has 5 heteroatoms. The average molecular weight is 227 g/mol. The Hall–Kier alpha value is -1.62. The summed E-state index contributed by atoms with van der Waals surface area (Å²) >= 11 is 0. The van der Waals surface area contributed by atoms with Gasteiger partial charge in [-0.15, -0.1) is 0 Å². The van der Waals surface area contributed by atoms with Crippen LogP contribution in [0.1, 0.15) is 25.5 Å². The van der Waals surface area contributed by atoms with Crippen LogP contribution in [-0.2, 0) is 4.79 Å². The van der Waals surface area contributed by atoms with Crippen molar-refractivity contribution in [2.75, 3.05) is 0 Å².